The number of H-pyrrole nitrogens is 1. The summed E-state index contributed by atoms with van der Waals surface area (Å²) < 4.78 is 5.47. The Bertz CT molecular complexity index is 1020. The molecule has 1 aliphatic rings. The van der Waals surface area contributed by atoms with Crippen molar-refractivity contribution in [2.45, 2.75) is 45.8 Å². The Kier molecular flexibility index (Phi) is 5.13. The first-order valence-corrected chi connectivity index (χ1v) is 10.0. The molecule has 0 spiro atoms. The average Bonchev–Trinajstić information content (AvgIpc) is 3.09. The lowest BCUT2D eigenvalue weighted by Crippen LogP contribution is -2.40. The quantitative estimate of drug-likeness (QED) is 0.702. The summed E-state index contributed by atoms with van der Waals surface area (Å²) in [5.41, 5.74) is 3.91. The number of rotatable bonds is 4. The summed E-state index contributed by atoms with van der Waals surface area (Å²) in [5.74, 6) is 0.634. The Morgan fingerprint density at radius 1 is 1.31 bits per heavy atom. The first-order chi connectivity index (χ1) is 13.9. The minimum Gasteiger partial charge on any atom is -0.444 e. The lowest BCUT2D eigenvalue weighted by atomic mass is 10.1. The lowest BCUT2D eigenvalue weighted by molar-refractivity contribution is 0.0222. The molecule has 0 unspecified atom stereocenters. The van der Waals surface area contributed by atoms with E-state index in [-0.39, 0.29) is 6.09 Å². The highest BCUT2D eigenvalue weighted by Crippen LogP contribution is 2.21. The van der Waals surface area contributed by atoms with E-state index < -0.39 is 5.60 Å². The zero-order chi connectivity index (χ0) is 20.4. The number of nitrogens with one attached hydrogen (secondary N) is 2. The van der Waals surface area contributed by atoms with Crippen molar-refractivity contribution >= 4 is 22.9 Å². The van der Waals surface area contributed by atoms with Gasteiger partial charge in [0.2, 0.25) is 5.95 Å². The van der Waals surface area contributed by atoms with Crippen LogP contribution in [0.25, 0.3) is 10.9 Å². The first-order valence-electron chi connectivity index (χ1n) is 10.0. The number of amides is 1. The number of ether oxygens (including phenoxy) is 1. The third-order valence-corrected chi connectivity index (χ3v) is 4.94. The van der Waals surface area contributed by atoms with E-state index >= 15 is 0 Å². The van der Waals surface area contributed by atoms with Crippen molar-refractivity contribution in [1.82, 2.24) is 19.9 Å². The van der Waals surface area contributed by atoms with Crippen LogP contribution in [0, 0.1) is 0 Å². The summed E-state index contributed by atoms with van der Waals surface area (Å²) in [6.07, 6.45) is 5.17. The number of carbonyl (C=O) groups is 1. The van der Waals surface area contributed by atoms with Crippen LogP contribution in [0.15, 0.2) is 36.7 Å². The number of para-hydroxylation sites is 1. The third kappa shape index (κ3) is 4.50. The van der Waals surface area contributed by atoms with Crippen LogP contribution >= 0.6 is 0 Å². The molecule has 0 bridgehead atoms. The molecule has 1 amide bonds. The topological polar surface area (TPSA) is 83.1 Å². The molecule has 0 saturated carbocycles. The second kappa shape index (κ2) is 7.73. The fourth-order valence-electron chi connectivity index (χ4n) is 3.53. The Balaban J connectivity index is 1.35. The molecule has 0 radical (unpaired) electrons. The van der Waals surface area contributed by atoms with Gasteiger partial charge in [-0.25, -0.2) is 14.8 Å². The number of benzene rings is 1. The number of hydrogen-bond donors (Lipinski definition) is 2. The van der Waals surface area contributed by atoms with E-state index in [9.17, 15) is 4.79 Å². The number of aromatic amines is 1. The van der Waals surface area contributed by atoms with E-state index in [2.05, 4.69) is 44.7 Å². The van der Waals surface area contributed by atoms with Crippen LogP contribution in [0.4, 0.5) is 10.7 Å². The number of carbonyl (C=O) groups excluding carboxylic acids is 1. The molecule has 3 aromatic rings. The maximum absolute atomic E-state index is 12.3. The zero-order valence-electron chi connectivity index (χ0n) is 17.2. The number of fused-ring (bicyclic) bond motifs is 2. The molecule has 0 fully saturated rings. The van der Waals surface area contributed by atoms with Gasteiger partial charge in [0.1, 0.15) is 5.60 Å². The highest BCUT2D eigenvalue weighted by Gasteiger charge is 2.26. The van der Waals surface area contributed by atoms with Crippen molar-refractivity contribution in [3.05, 3.63) is 53.5 Å². The van der Waals surface area contributed by atoms with Crippen LogP contribution < -0.4 is 5.32 Å². The average molecular weight is 393 g/mol. The molecule has 2 N–H and O–H groups in total. The van der Waals surface area contributed by atoms with Crippen molar-refractivity contribution in [2.75, 3.05) is 18.4 Å². The highest BCUT2D eigenvalue weighted by atomic mass is 16.6. The minimum absolute atomic E-state index is 0.288. The third-order valence-electron chi connectivity index (χ3n) is 4.94. The van der Waals surface area contributed by atoms with Crippen molar-refractivity contribution < 1.29 is 9.53 Å². The second-order valence-electron chi connectivity index (χ2n) is 8.35. The fraction of sp³-hybridized carbons (Fsp3) is 0.409. The predicted octanol–water partition coefficient (Wildman–Crippen LogP) is 3.91. The summed E-state index contributed by atoms with van der Waals surface area (Å²) in [4.78, 5) is 26.4. The van der Waals surface area contributed by atoms with E-state index in [1.54, 1.807) is 4.90 Å². The Morgan fingerprint density at radius 2 is 2.14 bits per heavy atom. The van der Waals surface area contributed by atoms with Crippen LogP contribution in [-0.4, -0.2) is 44.6 Å². The van der Waals surface area contributed by atoms with Gasteiger partial charge in [0, 0.05) is 48.4 Å². The zero-order valence-corrected chi connectivity index (χ0v) is 17.2. The van der Waals surface area contributed by atoms with Gasteiger partial charge >= 0.3 is 6.09 Å². The summed E-state index contributed by atoms with van der Waals surface area (Å²) in [6.45, 7) is 7.47. The second-order valence-corrected chi connectivity index (χ2v) is 8.35. The summed E-state index contributed by atoms with van der Waals surface area (Å²) >= 11 is 0. The molecule has 0 atom stereocenters. The molecule has 1 aliphatic heterocycles. The summed E-state index contributed by atoms with van der Waals surface area (Å²) in [7, 11) is 0. The molecule has 1 aromatic carbocycles. The molecule has 3 heterocycles. The summed E-state index contributed by atoms with van der Waals surface area (Å²) in [6, 6.07) is 8.30. The van der Waals surface area contributed by atoms with Crippen molar-refractivity contribution in [1.29, 1.82) is 0 Å². The minimum atomic E-state index is -0.494. The molecule has 0 aliphatic carbocycles. The van der Waals surface area contributed by atoms with Crippen LogP contribution in [0.5, 0.6) is 0 Å². The lowest BCUT2D eigenvalue weighted by Gasteiger charge is -2.30. The number of nitrogens with zero attached hydrogens (tertiary/aromatic N) is 3. The Labute approximate surface area is 170 Å². The van der Waals surface area contributed by atoms with E-state index in [0.29, 0.717) is 25.5 Å². The standard InChI is InChI=1S/C22H27N5O2/c1-22(2,3)29-21(28)27-11-9-18-16(14-27)13-25-20(26-18)23-10-8-15-12-24-19-7-5-4-6-17(15)19/h4-7,12-13,24H,8-11,14H2,1-3H3,(H,23,25,26). The fourth-order valence-corrected chi connectivity index (χ4v) is 3.53. The molecule has 4 rings (SSSR count). The number of aromatic nitrogens is 3. The van der Waals surface area contributed by atoms with Gasteiger partial charge in [0.25, 0.3) is 0 Å². The van der Waals surface area contributed by atoms with E-state index in [1.807, 2.05) is 33.0 Å². The van der Waals surface area contributed by atoms with E-state index in [4.69, 9.17) is 4.74 Å². The van der Waals surface area contributed by atoms with Crippen LogP contribution in [0.3, 0.4) is 0 Å². The van der Waals surface area contributed by atoms with Crippen molar-refractivity contribution in [3.8, 4) is 0 Å². The van der Waals surface area contributed by atoms with Crippen molar-refractivity contribution in [3.63, 3.8) is 0 Å². The van der Waals surface area contributed by atoms with Gasteiger partial charge in [0.15, 0.2) is 0 Å². The van der Waals surface area contributed by atoms with Gasteiger partial charge in [-0.15, -0.1) is 0 Å². The maximum atomic E-state index is 12.3. The molecule has 29 heavy (non-hydrogen) atoms. The van der Waals surface area contributed by atoms with Gasteiger partial charge in [0.05, 0.1) is 12.2 Å². The van der Waals surface area contributed by atoms with Crippen molar-refractivity contribution in [2.24, 2.45) is 0 Å². The molecule has 0 saturated heterocycles. The smallest absolute Gasteiger partial charge is 0.410 e. The number of hydrogen-bond acceptors (Lipinski definition) is 5. The molecular weight excluding hydrogens is 366 g/mol. The summed E-state index contributed by atoms with van der Waals surface area (Å²) in [5, 5.41) is 4.57. The van der Waals surface area contributed by atoms with Gasteiger partial charge in [-0.05, 0) is 38.8 Å². The molecule has 7 nitrogen and oxygen atoms in total. The maximum Gasteiger partial charge on any atom is 0.410 e. The van der Waals surface area contributed by atoms with Gasteiger partial charge < -0.3 is 19.9 Å². The van der Waals surface area contributed by atoms with E-state index in [0.717, 1.165) is 29.7 Å². The molecule has 152 valence electrons. The molecule has 2 aromatic heterocycles. The van der Waals surface area contributed by atoms with Crippen LogP contribution in [0.1, 0.15) is 37.6 Å². The van der Waals surface area contributed by atoms with Crippen LogP contribution in [0.2, 0.25) is 0 Å². The number of anilines is 1. The predicted molar refractivity (Wildman–Crippen MR) is 113 cm³/mol. The Morgan fingerprint density at radius 3 is 2.97 bits per heavy atom. The molecular formula is C22H27N5O2. The Hall–Kier alpha value is -3.09. The van der Waals surface area contributed by atoms with Gasteiger partial charge in [-0.1, -0.05) is 18.2 Å². The first kappa shape index (κ1) is 19.2. The van der Waals surface area contributed by atoms with Gasteiger partial charge in [-0.3, -0.25) is 0 Å². The SMILES string of the molecule is CC(C)(C)OC(=O)N1CCc2nc(NCCc3c[nH]c4ccccc34)ncc2C1. The highest BCUT2D eigenvalue weighted by molar-refractivity contribution is 5.83. The molecule has 7 heteroatoms. The van der Waals surface area contributed by atoms with E-state index in [1.165, 1.54) is 10.9 Å². The normalized spacial score (nSPS) is 14.0. The van der Waals surface area contributed by atoms with Gasteiger partial charge in [-0.2, -0.15) is 0 Å². The largest absolute Gasteiger partial charge is 0.444 e. The monoisotopic (exact) mass is 393 g/mol. The van der Waals surface area contributed by atoms with Crippen LogP contribution in [-0.2, 0) is 24.1 Å².